The van der Waals surface area contributed by atoms with Gasteiger partial charge in [0, 0.05) is 24.4 Å². The molecule has 4 rings (SSSR count). The van der Waals surface area contributed by atoms with Gasteiger partial charge in [-0.3, -0.25) is 4.79 Å². The first kappa shape index (κ1) is 27.5. The lowest BCUT2D eigenvalue weighted by atomic mass is 9.44. The summed E-state index contributed by atoms with van der Waals surface area (Å²) in [4.78, 5) is 19.4. The smallest absolute Gasteiger partial charge is 0.184 e. The molecule has 5 nitrogen and oxygen atoms in total. The van der Waals surface area contributed by atoms with Crippen LogP contribution in [0.1, 0.15) is 65.2 Å². The molecular formula is C28H51NO4Si2. The first-order valence-corrected chi connectivity index (χ1v) is 20.9. The molecule has 0 spiro atoms. The number of ketones is 1. The van der Waals surface area contributed by atoms with Crippen LogP contribution in [0.25, 0.3) is 0 Å². The van der Waals surface area contributed by atoms with Crippen LogP contribution in [-0.4, -0.2) is 48.0 Å². The Morgan fingerprint density at radius 2 is 1.69 bits per heavy atom. The fourth-order valence-electron chi connectivity index (χ4n) is 8.79. The van der Waals surface area contributed by atoms with E-state index in [1.165, 1.54) is 19.3 Å². The summed E-state index contributed by atoms with van der Waals surface area (Å²) in [5, 5.41) is 4.48. The molecule has 4 saturated carbocycles. The van der Waals surface area contributed by atoms with Gasteiger partial charge in [0.1, 0.15) is 12.9 Å². The van der Waals surface area contributed by atoms with Crippen LogP contribution in [0, 0.1) is 40.4 Å². The average molecular weight is 522 g/mol. The molecule has 7 heteroatoms. The lowest BCUT2D eigenvalue weighted by Gasteiger charge is -2.60. The van der Waals surface area contributed by atoms with E-state index in [4.69, 9.17) is 13.7 Å². The molecule has 0 aromatic rings. The second-order valence-electron chi connectivity index (χ2n) is 14.6. The molecule has 4 aliphatic rings. The Hall–Kier alpha value is -0.506. The standard InChI is InChI=1S/C28H51NO4Si2/c1-27-15-14-20(33-35(7,8)9)16-19(27)10-11-21-22-12-13-23(28(22,2)17-25(30)26(21)27)24(29-31-3)18-32-34(4,5)6/h19-23,26H,10-18H2,1-9H3/b29-24+/t19?,20?,21-,22-,23+,26+,27-,28-/m0/s1. The van der Waals surface area contributed by atoms with Crippen molar-refractivity contribution < 1.29 is 18.5 Å². The number of carbonyl (C=O) groups is 1. The fourth-order valence-corrected chi connectivity index (χ4v) is 10.6. The van der Waals surface area contributed by atoms with Gasteiger partial charge in [-0.15, -0.1) is 0 Å². The van der Waals surface area contributed by atoms with E-state index in [0.29, 0.717) is 42.7 Å². The van der Waals surface area contributed by atoms with E-state index in [2.05, 4.69) is 58.3 Å². The molecule has 35 heavy (non-hydrogen) atoms. The van der Waals surface area contributed by atoms with Crippen LogP contribution in [0.4, 0.5) is 0 Å². The summed E-state index contributed by atoms with van der Waals surface area (Å²) >= 11 is 0. The monoisotopic (exact) mass is 521 g/mol. The van der Waals surface area contributed by atoms with Crippen molar-refractivity contribution in [1.29, 1.82) is 0 Å². The summed E-state index contributed by atoms with van der Waals surface area (Å²) in [6.45, 7) is 18.9. The highest BCUT2D eigenvalue weighted by molar-refractivity contribution is 6.70. The van der Waals surface area contributed by atoms with Crippen LogP contribution >= 0.6 is 0 Å². The van der Waals surface area contributed by atoms with Gasteiger partial charge >= 0.3 is 0 Å². The second-order valence-corrected chi connectivity index (χ2v) is 23.6. The molecule has 0 amide bonds. The maximum Gasteiger partial charge on any atom is 0.184 e. The van der Waals surface area contributed by atoms with Gasteiger partial charge in [0.2, 0.25) is 0 Å². The maximum atomic E-state index is 14.1. The van der Waals surface area contributed by atoms with Gasteiger partial charge in [0.15, 0.2) is 16.6 Å². The van der Waals surface area contributed by atoms with Crippen molar-refractivity contribution >= 4 is 28.1 Å². The second kappa shape index (κ2) is 9.66. The molecule has 2 unspecified atom stereocenters. The Balaban J connectivity index is 1.54. The highest BCUT2D eigenvalue weighted by Crippen LogP contribution is 2.66. The van der Waals surface area contributed by atoms with Crippen LogP contribution in [0.5, 0.6) is 0 Å². The normalized spacial score (nSPS) is 42.3. The maximum absolute atomic E-state index is 14.1. The summed E-state index contributed by atoms with van der Waals surface area (Å²) in [5.41, 5.74) is 1.14. The largest absolute Gasteiger partial charge is 0.415 e. The highest BCUT2D eigenvalue weighted by Gasteiger charge is 2.64. The van der Waals surface area contributed by atoms with Gasteiger partial charge in [0.05, 0.1) is 12.3 Å². The van der Waals surface area contributed by atoms with Crippen molar-refractivity contribution in [3.05, 3.63) is 0 Å². The lowest BCUT2D eigenvalue weighted by molar-refractivity contribution is -0.159. The van der Waals surface area contributed by atoms with Gasteiger partial charge < -0.3 is 13.7 Å². The number of oxime groups is 1. The highest BCUT2D eigenvalue weighted by atomic mass is 28.4. The molecule has 0 aromatic carbocycles. The summed E-state index contributed by atoms with van der Waals surface area (Å²) in [6.07, 6.45) is 9.27. The Kier molecular flexibility index (Phi) is 7.60. The quantitative estimate of drug-likeness (QED) is 0.208. The molecule has 8 atom stereocenters. The molecule has 0 N–H and O–H groups in total. The molecule has 4 fully saturated rings. The predicted octanol–water partition coefficient (Wildman–Crippen LogP) is 6.90. The van der Waals surface area contributed by atoms with Crippen LogP contribution in [-0.2, 0) is 18.5 Å². The zero-order valence-electron chi connectivity index (χ0n) is 23.9. The molecule has 4 aliphatic carbocycles. The molecule has 0 bridgehead atoms. The van der Waals surface area contributed by atoms with E-state index in [0.717, 1.165) is 31.4 Å². The van der Waals surface area contributed by atoms with Crippen molar-refractivity contribution in [2.75, 3.05) is 13.7 Å². The third-order valence-electron chi connectivity index (χ3n) is 10.1. The predicted molar refractivity (Wildman–Crippen MR) is 148 cm³/mol. The third-order valence-corrected chi connectivity index (χ3v) is 12.1. The van der Waals surface area contributed by atoms with Crippen molar-refractivity contribution in [1.82, 2.24) is 0 Å². The number of hydrogen-bond acceptors (Lipinski definition) is 5. The van der Waals surface area contributed by atoms with Crippen LogP contribution in [0.2, 0.25) is 39.3 Å². The average Bonchev–Trinajstić information content (AvgIpc) is 3.05. The van der Waals surface area contributed by atoms with Gasteiger partial charge in [-0.05, 0) is 113 Å². The number of nitrogens with zero attached hydrogens (tertiary/aromatic N) is 1. The van der Waals surface area contributed by atoms with E-state index in [1.54, 1.807) is 7.11 Å². The Bertz CT molecular complexity index is 834. The molecule has 0 heterocycles. The van der Waals surface area contributed by atoms with Crippen molar-refractivity contribution in [3.63, 3.8) is 0 Å². The van der Waals surface area contributed by atoms with Gasteiger partial charge in [-0.2, -0.15) is 0 Å². The zero-order valence-corrected chi connectivity index (χ0v) is 25.9. The van der Waals surface area contributed by atoms with E-state index >= 15 is 0 Å². The molecule has 0 aliphatic heterocycles. The van der Waals surface area contributed by atoms with E-state index in [-0.39, 0.29) is 22.7 Å². The summed E-state index contributed by atoms with van der Waals surface area (Å²) in [6, 6.07) is 0. The Morgan fingerprint density at radius 3 is 2.31 bits per heavy atom. The first-order valence-electron chi connectivity index (χ1n) is 14.1. The number of Topliss-reactive ketones (excluding diaryl/α,β-unsaturated/α-hetero) is 1. The summed E-state index contributed by atoms with van der Waals surface area (Å²) in [5.74, 6) is 2.77. The van der Waals surface area contributed by atoms with Crippen LogP contribution < -0.4 is 0 Å². The molecule has 0 radical (unpaired) electrons. The van der Waals surface area contributed by atoms with E-state index in [9.17, 15) is 4.79 Å². The Labute approximate surface area is 216 Å². The van der Waals surface area contributed by atoms with Crippen LogP contribution in [0.3, 0.4) is 0 Å². The topological polar surface area (TPSA) is 57.1 Å². The van der Waals surface area contributed by atoms with E-state index in [1.807, 2.05) is 0 Å². The number of fused-ring (bicyclic) bond motifs is 5. The van der Waals surface area contributed by atoms with E-state index < -0.39 is 16.6 Å². The van der Waals surface area contributed by atoms with Gasteiger partial charge in [-0.1, -0.05) is 19.0 Å². The molecule has 0 aromatic heterocycles. The minimum Gasteiger partial charge on any atom is -0.415 e. The van der Waals surface area contributed by atoms with Crippen LogP contribution in [0.15, 0.2) is 5.16 Å². The summed E-state index contributed by atoms with van der Waals surface area (Å²) in [7, 11) is -1.58. The number of rotatable bonds is 7. The molecular weight excluding hydrogens is 470 g/mol. The summed E-state index contributed by atoms with van der Waals surface area (Å²) < 4.78 is 12.8. The molecule has 200 valence electrons. The van der Waals surface area contributed by atoms with Crippen molar-refractivity contribution in [2.45, 2.75) is 111 Å². The minimum absolute atomic E-state index is 0.0280. The SMILES string of the molecule is CO/N=C(\CO[Si](C)(C)C)[C@H]1CC[C@H]2[C@@H]3CCC4CC(O[Si](C)(C)C)CC[C@]4(C)[C@H]3C(=O)C[C@]12C. The molecule has 0 saturated heterocycles. The fraction of sp³-hybridized carbons (Fsp3) is 0.929. The van der Waals surface area contributed by atoms with Crippen molar-refractivity contribution in [2.24, 2.45) is 45.6 Å². The number of hydrogen-bond donors (Lipinski definition) is 0. The third kappa shape index (κ3) is 5.39. The minimum atomic E-state index is -1.67. The Morgan fingerprint density at radius 1 is 0.971 bits per heavy atom. The van der Waals surface area contributed by atoms with Gasteiger partial charge in [-0.25, -0.2) is 0 Å². The van der Waals surface area contributed by atoms with Crippen molar-refractivity contribution in [3.8, 4) is 0 Å². The zero-order chi connectivity index (χ0) is 25.8. The van der Waals surface area contributed by atoms with Gasteiger partial charge in [0.25, 0.3) is 0 Å². The lowest BCUT2D eigenvalue weighted by Crippen LogP contribution is -2.58. The number of carbonyl (C=O) groups excluding carboxylic acids is 1. The first-order chi connectivity index (χ1) is 16.2.